The molecule has 2 unspecified atom stereocenters. The first-order chi connectivity index (χ1) is 24.5. The van der Waals surface area contributed by atoms with Crippen LogP contribution < -0.4 is 10.9 Å². The minimum absolute atomic E-state index is 0.00161. The Bertz CT molecular complexity index is 1860. The van der Waals surface area contributed by atoms with Gasteiger partial charge in [-0.1, -0.05) is 31.5 Å². The molecule has 3 aromatic rings. The number of amides is 1. The van der Waals surface area contributed by atoms with Crippen LogP contribution in [0.2, 0.25) is 0 Å². The number of pyridine rings is 1. The Morgan fingerprint density at radius 1 is 1.00 bits per heavy atom. The van der Waals surface area contributed by atoms with Gasteiger partial charge >= 0.3 is 12.1 Å². The Morgan fingerprint density at radius 3 is 2.19 bits per heavy atom. The summed E-state index contributed by atoms with van der Waals surface area (Å²) in [6.07, 6.45) is -1.97. The molecule has 5 rings (SSSR count). The van der Waals surface area contributed by atoms with Crippen LogP contribution in [-0.2, 0) is 26.9 Å². The molecule has 7 nitrogen and oxygen atoms in total. The lowest BCUT2D eigenvalue weighted by Crippen LogP contribution is -2.41. The number of halogens is 5. The Kier molecular flexibility index (Phi) is 12.0. The summed E-state index contributed by atoms with van der Waals surface area (Å²) < 4.78 is 82.1. The molecule has 1 saturated carbocycles. The van der Waals surface area contributed by atoms with E-state index in [-0.39, 0.29) is 48.0 Å². The van der Waals surface area contributed by atoms with Gasteiger partial charge in [0.25, 0.3) is 5.56 Å². The molecule has 12 heteroatoms. The molecule has 1 aromatic heterocycles. The van der Waals surface area contributed by atoms with E-state index >= 15 is 8.78 Å². The molecule has 2 aliphatic rings. The van der Waals surface area contributed by atoms with Crippen LogP contribution in [0.25, 0.3) is 11.1 Å². The number of carbonyl (C=O) groups excluding carboxylic acids is 2. The summed E-state index contributed by atoms with van der Waals surface area (Å²) in [4.78, 5) is 42.7. The number of ether oxygens (including phenoxy) is 1. The fraction of sp³-hybridized carbons (Fsp3) is 0.525. The van der Waals surface area contributed by atoms with E-state index in [1.807, 2.05) is 37.8 Å². The van der Waals surface area contributed by atoms with Crippen molar-refractivity contribution in [2.75, 3.05) is 26.2 Å². The summed E-state index contributed by atoms with van der Waals surface area (Å²) in [5, 5.41) is 2.66. The van der Waals surface area contributed by atoms with E-state index in [4.69, 9.17) is 4.74 Å². The molecule has 2 aromatic carbocycles. The van der Waals surface area contributed by atoms with Gasteiger partial charge < -0.3 is 19.5 Å². The molecule has 1 N–H and O–H groups in total. The highest BCUT2D eigenvalue weighted by Gasteiger charge is 2.38. The number of carbonyl (C=O) groups is 2. The van der Waals surface area contributed by atoms with Gasteiger partial charge in [0.15, 0.2) is 0 Å². The van der Waals surface area contributed by atoms with Crippen molar-refractivity contribution in [1.29, 1.82) is 0 Å². The van der Waals surface area contributed by atoms with E-state index in [0.717, 1.165) is 47.0 Å². The van der Waals surface area contributed by atoms with Crippen molar-refractivity contribution in [3.05, 3.63) is 91.4 Å². The van der Waals surface area contributed by atoms with Gasteiger partial charge in [-0.05, 0) is 119 Å². The lowest BCUT2D eigenvalue weighted by molar-refractivity contribution is -0.144. The number of benzene rings is 2. The smallest absolute Gasteiger partial charge is 0.416 e. The van der Waals surface area contributed by atoms with E-state index < -0.39 is 64.9 Å². The lowest BCUT2D eigenvalue weighted by atomic mass is 9.87. The lowest BCUT2D eigenvalue weighted by Gasteiger charge is -2.31. The number of hydrogen-bond donors (Lipinski definition) is 1. The molecule has 1 saturated heterocycles. The van der Waals surface area contributed by atoms with Crippen molar-refractivity contribution in [3.8, 4) is 11.1 Å². The van der Waals surface area contributed by atoms with E-state index in [0.29, 0.717) is 31.0 Å². The fourth-order valence-electron chi connectivity index (χ4n) is 7.32. The van der Waals surface area contributed by atoms with Crippen LogP contribution in [-0.4, -0.2) is 47.6 Å². The highest BCUT2D eigenvalue weighted by atomic mass is 19.4. The molecule has 0 spiro atoms. The molecule has 0 radical (unpaired) electrons. The summed E-state index contributed by atoms with van der Waals surface area (Å²) in [7, 11) is 0. The quantitative estimate of drug-likeness (QED) is 0.134. The molecule has 0 bridgehead atoms. The van der Waals surface area contributed by atoms with Crippen molar-refractivity contribution in [1.82, 2.24) is 14.8 Å². The van der Waals surface area contributed by atoms with Gasteiger partial charge in [-0.15, -0.1) is 0 Å². The third-order valence-corrected chi connectivity index (χ3v) is 10.0. The van der Waals surface area contributed by atoms with Crippen molar-refractivity contribution in [2.24, 2.45) is 5.92 Å². The Balaban J connectivity index is 1.62. The molecular weight excluding hydrogens is 681 g/mol. The molecule has 52 heavy (non-hydrogen) atoms. The van der Waals surface area contributed by atoms with Crippen LogP contribution in [0, 0.1) is 38.3 Å². The molecule has 2 heterocycles. The maximum atomic E-state index is 17.0. The number of nitrogens with zero attached hydrogens (tertiary/aromatic N) is 2. The molecule has 1 aliphatic carbocycles. The van der Waals surface area contributed by atoms with Crippen molar-refractivity contribution in [3.63, 3.8) is 0 Å². The zero-order chi connectivity index (χ0) is 38.1. The number of aryl methyl sites for hydroxylation is 3. The summed E-state index contributed by atoms with van der Waals surface area (Å²) in [6.45, 7) is 12.6. The van der Waals surface area contributed by atoms with Crippen molar-refractivity contribution >= 4 is 11.9 Å². The second-order valence-corrected chi connectivity index (χ2v) is 14.7. The predicted molar refractivity (Wildman–Crippen MR) is 189 cm³/mol. The fourth-order valence-corrected chi connectivity index (χ4v) is 7.32. The summed E-state index contributed by atoms with van der Waals surface area (Å²) in [5.41, 5.74) is 0.763. The van der Waals surface area contributed by atoms with Crippen LogP contribution in [0.15, 0.2) is 35.3 Å². The van der Waals surface area contributed by atoms with Gasteiger partial charge in [-0.25, -0.2) is 8.78 Å². The minimum Gasteiger partial charge on any atom is -0.466 e. The number of likely N-dealkylation sites (tertiary alicyclic amines) is 1. The highest BCUT2D eigenvalue weighted by molar-refractivity contribution is 5.82. The van der Waals surface area contributed by atoms with Crippen molar-refractivity contribution < 1.29 is 36.3 Å². The van der Waals surface area contributed by atoms with E-state index in [1.54, 1.807) is 20.8 Å². The first-order valence-electron chi connectivity index (χ1n) is 18.1. The van der Waals surface area contributed by atoms with Crippen LogP contribution in [0.1, 0.15) is 110 Å². The van der Waals surface area contributed by atoms with Crippen LogP contribution in [0.4, 0.5) is 22.0 Å². The van der Waals surface area contributed by atoms with E-state index in [1.165, 1.54) is 6.07 Å². The first kappa shape index (κ1) is 39.2. The number of alkyl halides is 3. The van der Waals surface area contributed by atoms with Crippen LogP contribution in [0.3, 0.4) is 0 Å². The van der Waals surface area contributed by atoms with Crippen LogP contribution >= 0.6 is 0 Å². The highest BCUT2D eigenvalue weighted by Crippen LogP contribution is 2.46. The molecular formula is C40H48F5N3O4. The summed E-state index contributed by atoms with van der Waals surface area (Å²) in [6, 6.07) is 2.93. The summed E-state index contributed by atoms with van der Waals surface area (Å²) in [5.74, 6) is -3.87. The van der Waals surface area contributed by atoms with Gasteiger partial charge in [0.2, 0.25) is 5.91 Å². The van der Waals surface area contributed by atoms with Gasteiger partial charge in [0.05, 0.1) is 24.6 Å². The molecule has 1 aliphatic heterocycles. The largest absolute Gasteiger partial charge is 0.466 e. The second-order valence-electron chi connectivity index (χ2n) is 14.7. The molecule has 2 atom stereocenters. The zero-order valence-corrected chi connectivity index (χ0v) is 30.7. The number of aromatic nitrogens is 1. The van der Waals surface area contributed by atoms with Gasteiger partial charge in [0.1, 0.15) is 17.7 Å². The number of rotatable bonds is 14. The number of nitrogens with one attached hydrogen (secondary N) is 1. The van der Waals surface area contributed by atoms with E-state index in [9.17, 15) is 27.6 Å². The summed E-state index contributed by atoms with van der Waals surface area (Å²) >= 11 is 0. The first-order valence-corrected chi connectivity index (χ1v) is 18.1. The zero-order valence-electron chi connectivity index (χ0n) is 30.7. The SMILES string of the molecule is CCOC(=O)CC(NC(=O)C(CC(C)C)n1cc(CCN2CCC2)c(C(F)(F)F)cc1=O)c1c(F)c(-c2c(C)cc(C)cc2C)cc(C2CC2)c1F. The third kappa shape index (κ3) is 8.76. The second kappa shape index (κ2) is 15.9. The maximum absolute atomic E-state index is 17.0. The Labute approximate surface area is 301 Å². The average molecular weight is 730 g/mol. The predicted octanol–water partition coefficient (Wildman–Crippen LogP) is 8.26. The van der Waals surface area contributed by atoms with Gasteiger partial charge in [0, 0.05) is 29.9 Å². The normalized spacial score (nSPS) is 16.1. The van der Waals surface area contributed by atoms with Crippen molar-refractivity contribution in [2.45, 2.75) is 104 Å². The molecule has 2 fully saturated rings. The molecule has 282 valence electrons. The Hall–Kier alpha value is -4.06. The maximum Gasteiger partial charge on any atom is 0.416 e. The van der Waals surface area contributed by atoms with Gasteiger partial charge in [-0.3, -0.25) is 14.4 Å². The minimum atomic E-state index is -4.80. The molecule has 1 amide bonds. The monoisotopic (exact) mass is 729 g/mol. The Morgan fingerprint density at radius 2 is 1.65 bits per heavy atom. The average Bonchev–Trinajstić information content (AvgIpc) is 3.85. The van der Waals surface area contributed by atoms with Gasteiger partial charge in [-0.2, -0.15) is 13.2 Å². The third-order valence-electron chi connectivity index (χ3n) is 10.0. The topological polar surface area (TPSA) is 80.6 Å². The number of esters is 1. The van der Waals surface area contributed by atoms with Crippen LogP contribution in [0.5, 0.6) is 0 Å². The van der Waals surface area contributed by atoms with E-state index in [2.05, 4.69) is 5.32 Å². The standard InChI is InChI=1S/C40H48F5N3O4/c1-7-52-34(50)20-31(36-37(41)28(26-9-10-26)18-29(38(36)42)35-24(5)16-23(4)17-25(35)6)46-39(51)32(15-22(2)3)48-21-27(11-14-47-12-8-13-47)30(19-33(48)49)40(43,44)45/h16-19,21-22,26,31-32H,7-15,20H2,1-6H3,(H,46,51). The number of hydrogen-bond acceptors (Lipinski definition) is 5.